The normalized spacial score (nSPS) is 13.9. The Morgan fingerprint density at radius 2 is 2.25 bits per heavy atom. The molecule has 0 atom stereocenters. The lowest BCUT2D eigenvalue weighted by Gasteiger charge is -2.22. The van der Waals surface area contributed by atoms with Crippen molar-refractivity contribution >= 4 is 29.2 Å². The lowest BCUT2D eigenvalue weighted by atomic mass is 10.2. The van der Waals surface area contributed by atoms with Crippen molar-refractivity contribution < 1.29 is 14.3 Å². The third-order valence-electron chi connectivity index (χ3n) is 2.99. The minimum atomic E-state index is -0.425. The molecule has 2 rings (SSSR count). The monoisotopic (exact) mass is 297 g/mol. The molecule has 0 radical (unpaired) electrons. The van der Waals surface area contributed by atoms with Crippen molar-refractivity contribution in [1.29, 1.82) is 0 Å². The number of anilines is 1. The Balaban J connectivity index is 2.18. The molecule has 2 N–H and O–H groups in total. The molecule has 0 unspecified atom stereocenters. The highest BCUT2D eigenvalue weighted by Gasteiger charge is 2.35. The molecule has 20 heavy (non-hydrogen) atoms. The van der Waals surface area contributed by atoms with Gasteiger partial charge in [0.25, 0.3) is 5.91 Å². The minimum absolute atomic E-state index is 0.0678. The molecule has 0 saturated heterocycles. The summed E-state index contributed by atoms with van der Waals surface area (Å²) >= 11 is 5.79. The number of rotatable bonds is 5. The number of hydrogen-bond acceptors (Lipinski definition) is 5. The molecule has 0 spiro atoms. The van der Waals surface area contributed by atoms with Gasteiger partial charge in [-0.05, 0) is 25.8 Å². The first kappa shape index (κ1) is 14.6. The van der Waals surface area contributed by atoms with Gasteiger partial charge in [0.2, 0.25) is 0 Å². The number of carbonyl (C=O) groups excluding carboxylic acids is 2. The van der Waals surface area contributed by atoms with Gasteiger partial charge in [-0.1, -0.05) is 11.6 Å². The molecule has 1 aromatic rings. The van der Waals surface area contributed by atoms with Crippen LogP contribution in [0.2, 0.25) is 5.15 Å². The van der Waals surface area contributed by atoms with Crippen LogP contribution in [0.1, 0.15) is 30.1 Å². The van der Waals surface area contributed by atoms with Crippen molar-refractivity contribution in [3.8, 4) is 0 Å². The van der Waals surface area contributed by atoms with Gasteiger partial charge in [0, 0.05) is 6.04 Å². The molecule has 1 fully saturated rings. The van der Waals surface area contributed by atoms with Gasteiger partial charge in [-0.3, -0.25) is 9.59 Å². The average molecular weight is 298 g/mol. The zero-order valence-corrected chi connectivity index (χ0v) is 11.9. The van der Waals surface area contributed by atoms with Crippen molar-refractivity contribution in [1.82, 2.24) is 9.88 Å². The number of amides is 1. The summed E-state index contributed by atoms with van der Waals surface area (Å²) in [5.41, 5.74) is 6.26. The van der Waals surface area contributed by atoms with Crippen LogP contribution in [0.5, 0.6) is 0 Å². The van der Waals surface area contributed by atoms with Crippen LogP contribution in [0.25, 0.3) is 0 Å². The third-order valence-corrected chi connectivity index (χ3v) is 3.19. The first-order valence-electron chi connectivity index (χ1n) is 6.40. The fraction of sp³-hybridized carbons (Fsp3) is 0.462. The second kappa shape index (κ2) is 6.09. The Morgan fingerprint density at radius 3 is 2.85 bits per heavy atom. The molecule has 1 heterocycles. The molecule has 7 heteroatoms. The number of pyridine rings is 1. The molecule has 1 aliphatic carbocycles. The van der Waals surface area contributed by atoms with Crippen LogP contribution in [-0.2, 0) is 9.53 Å². The molecule has 1 amide bonds. The van der Waals surface area contributed by atoms with Gasteiger partial charge in [0.15, 0.2) is 0 Å². The Morgan fingerprint density at radius 1 is 1.55 bits per heavy atom. The van der Waals surface area contributed by atoms with Gasteiger partial charge in [-0.25, -0.2) is 4.98 Å². The van der Waals surface area contributed by atoms with Gasteiger partial charge in [0.1, 0.15) is 11.7 Å². The third kappa shape index (κ3) is 3.39. The van der Waals surface area contributed by atoms with Crippen molar-refractivity contribution in [2.75, 3.05) is 18.9 Å². The first-order valence-corrected chi connectivity index (χ1v) is 6.78. The number of halogens is 1. The summed E-state index contributed by atoms with van der Waals surface area (Å²) in [6.07, 6.45) is 3.10. The van der Waals surface area contributed by atoms with Crippen LogP contribution >= 0.6 is 11.6 Å². The van der Waals surface area contributed by atoms with Crippen molar-refractivity contribution in [3.63, 3.8) is 0 Å². The number of carbonyl (C=O) groups is 2. The second-order valence-electron chi connectivity index (χ2n) is 4.56. The van der Waals surface area contributed by atoms with Gasteiger partial charge < -0.3 is 15.4 Å². The minimum Gasteiger partial charge on any atom is -0.465 e. The van der Waals surface area contributed by atoms with Crippen molar-refractivity contribution in [3.05, 3.63) is 23.0 Å². The molecule has 0 aliphatic heterocycles. The highest BCUT2D eigenvalue weighted by molar-refractivity contribution is 6.29. The van der Waals surface area contributed by atoms with E-state index in [1.165, 1.54) is 17.2 Å². The Bertz CT molecular complexity index is 532. The largest absolute Gasteiger partial charge is 0.465 e. The number of ether oxygens (including phenoxy) is 1. The molecular weight excluding hydrogens is 282 g/mol. The van der Waals surface area contributed by atoms with E-state index in [-0.39, 0.29) is 41.5 Å². The maximum atomic E-state index is 12.5. The van der Waals surface area contributed by atoms with Crippen LogP contribution in [0.15, 0.2) is 12.3 Å². The van der Waals surface area contributed by atoms with Crippen molar-refractivity contribution in [2.24, 2.45) is 0 Å². The summed E-state index contributed by atoms with van der Waals surface area (Å²) in [4.78, 5) is 29.4. The first-order chi connectivity index (χ1) is 9.52. The van der Waals surface area contributed by atoms with E-state index >= 15 is 0 Å². The van der Waals surface area contributed by atoms with E-state index in [0.29, 0.717) is 0 Å². The highest BCUT2D eigenvalue weighted by atomic mass is 35.5. The fourth-order valence-electron chi connectivity index (χ4n) is 1.88. The van der Waals surface area contributed by atoms with Gasteiger partial charge in [-0.15, -0.1) is 0 Å². The van der Waals surface area contributed by atoms with E-state index in [4.69, 9.17) is 22.1 Å². The zero-order valence-electron chi connectivity index (χ0n) is 11.1. The van der Waals surface area contributed by atoms with Gasteiger partial charge in [0.05, 0.1) is 24.1 Å². The summed E-state index contributed by atoms with van der Waals surface area (Å²) in [5, 5.41) is 0.189. The molecule has 1 aromatic heterocycles. The van der Waals surface area contributed by atoms with Crippen LogP contribution in [0, 0.1) is 0 Å². The number of aromatic nitrogens is 1. The van der Waals surface area contributed by atoms with E-state index < -0.39 is 5.97 Å². The average Bonchev–Trinajstić information content (AvgIpc) is 3.23. The van der Waals surface area contributed by atoms with Gasteiger partial charge >= 0.3 is 5.97 Å². The van der Waals surface area contributed by atoms with E-state index in [0.717, 1.165) is 12.8 Å². The molecule has 1 saturated carbocycles. The van der Waals surface area contributed by atoms with E-state index in [9.17, 15) is 9.59 Å². The molecule has 0 bridgehead atoms. The lowest BCUT2D eigenvalue weighted by molar-refractivity contribution is -0.144. The van der Waals surface area contributed by atoms with E-state index in [2.05, 4.69) is 4.98 Å². The summed E-state index contributed by atoms with van der Waals surface area (Å²) in [5.74, 6) is -0.742. The van der Waals surface area contributed by atoms with Crippen molar-refractivity contribution in [2.45, 2.75) is 25.8 Å². The topological polar surface area (TPSA) is 85.5 Å². The van der Waals surface area contributed by atoms with E-state index in [1.54, 1.807) is 6.92 Å². The number of hydrogen-bond donors (Lipinski definition) is 1. The highest BCUT2D eigenvalue weighted by Crippen LogP contribution is 2.29. The van der Waals surface area contributed by atoms with E-state index in [1.807, 2.05) is 0 Å². The predicted octanol–water partition coefficient (Wildman–Crippen LogP) is 1.48. The zero-order chi connectivity index (χ0) is 14.7. The van der Waals surface area contributed by atoms with Crippen LogP contribution < -0.4 is 5.73 Å². The molecular formula is C13H16ClN3O3. The maximum absolute atomic E-state index is 12.5. The molecule has 1 aliphatic rings. The van der Waals surface area contributed by atoms with Gasteiger partial charge in [-0.2, -0.15) is 0 Å². The Kier molecular flexibility index (Phi) is 4.44. The number of esters is 1. The predicted molar refractivity (Wildman–Crippen MR) is 74.4 cm³/mol. The summed E-state index contributed by atoms with van der Waals surface area (Å²) in [6, 6.07) is 1.48. The Hall–Kier alpha value is -1.82. The quantitative estimate of drug-likeness (QED) is 0.657. The SMILES string of the molecule is CCOC(=O)CN(C(=O)c1cc(Cl)ncc1N)C1CC1. The lowest BCUT2D eigenvalue weighted by Crippen LogP contribution is -2.38. The number of nitrogens with zero attached hydrogens (tertiary/aromatic N) is 2. The second-order valence-corrected chi connectivity index (χ2v) is 4.95. The maximum Gasteiger partial charge on any atom is 0.325 e. The summed E-state index contributed by atoms with van der Waals surface area (Å²) in [6.45, 7) is 1.94. The number of nitrogens with two attached hydrogens (primary N) is 1. The van der Waals surface area contributed by atoms with Crippen LogP contribution in [0.4, 0.5) is 5.69 Å². The molecule has 6 nitrogen and oxygen atoms in total. The van der Waals surface area contributed by atoms with Crippen LogP contribution in [-0.4, -0.2) is 41.0 Å². The Labute approximate surface area is 121 Å². The standard InChI is InChI=1S/C13H16ClN3O3/c1-2-20-12(18)7-17(8-3-4-8)13(19)9-5-11(14)16-6-10(9)15/h5-6,8H,2-4,7,15H2,1H3. The molecule has 108 valence electrons. The molecule has 0 aromatic carbocycles. The van der Waals surface area contributed by atoms with Crippen LogP contribution in [0.3, 0.4) is 0 Å². The number of nitrogen functional groups attached to an aromatic ring is 1. The smallest absolute Gasteiger partial charge is 0.325 e. The summed E-state index contributed by atoms with van der Waals surface area (Å²) in [7, 11) is 0. The summed E-state index contributed by atoms with van der Waals surface area (Å²) < 4.78 is 4.89. The fourth-order valence-corrected chi connectivity index (χ4v) is 2.04.